The molecule has 0 bridgehead atoms. The molecular formula is C12H9ClFN. The highest BCUT2D eigenvalue weighted by Crippen LogP contribution is 2.19. The van der Waals surface area contributed by atoms with E-state index >= 15 is 0 Å². The quantitative estimate of drug-likeness (QED) is 0.706. The third kappa shape index (κ3) is 2.34. The van der Waals surface area contributed by atoms with E-state index in [0.717, 1.165) is 16.8 Å². The molecule has 1 aromatic heterocycles. The predicted molar refractivity (Wildman–Crippen MR) is 59.2 cm³/mol. The van der Waals surface area contributed by atoms with Gasteiger partial charge in [0.25, 0.3) is 0 Å². The third-order valence-corrected chi connectivity index (χ3v) is 2.39. The lowest BCUT2D eigenvalue weighted by atomic mass is 10.1. The lowest BCUT2D eigenvalue weighted by Gasteiger charge is -2.01. The Morgan fingerprint density at radius 1 is 1.13 bits per heavy atom. The van der Waals surface area contributed by atoms with E-state index in [2.05, 4.69) is 4.98 Å². The zero-order chi connectivity index (χ0) is 10.7. The fraction of sp³-hybridized carbons (Fsp3) is 0.0833. The molecule has 1 aromatic carbocycles. The first-order valence-corrected chi connectivity index (χ1v) is 5.10. The highest BCUT2D eigenvalue weighted by molar-refractivity contribution is 6.16. The largest absolute Gasteiger partial charge is 0.259 e. The van der Waals surface area contributed by atoms with Gasteiger partial charge in [-0.05, 0) is 23.8 Å². The Balaban J connectivity index is 2.37. The first kappa shape index (κ1) is 10.1. The Kier molecular flexibility index (Phi) is 2.97. The SMILES string of the molecule is Fc1cccc(-c2ccc(CCl)nc2)c1. The highest BCUT2D eigenvalue weighted by atomic mass is 35.5. The summed E-state index contributed by atoms with van der Waals surface area (Å²) in [6, 6.07) is 10.2. The zero-order valence-corrected chi connectivity index (χ0v) is 8.71. The topological polar surface area (TPSA) is 12.9 Å². The van der Waals surface area contributed by atoms with Crippen molar-refractivity contribution >= 4 is 11.6 Å². The van der Waals surface area contributed by atoms with Crippen LogP contribution in [0.2, 0.25) is 0 Å². The molecule has 1 nitrogen and oxygen atoms in total. The molecule has 0 spiro atoms. The van der Waals surface area contributed by atoms with Gasteiger partial charge < -0.3 is 0 Å². The predicted octanol–water partition coefficient (Wildman–Crippen LogP) is 3.63. The third-order valence-electron chi connectivity index (χ3n) is 2.12. The zero-order valence-electron chi connectivity index (χ0n) is 7.95. The summed E-state index contributed by atoms with van der Waals surface area (Å²) in [7, 11) is 0. The Morgan fingerprint density at radius 3 is 2.60 bits per heavy atom. The number of nitrogens with zero attached hydrogens (tertiary/aromatic N) is 1. The van der Waals surface area contributed by atoms with Crippen molar-refractivity contribution < 1.29 is 4.39 Å². The van der Waals surface area contributed by atoms with Crippen molar-refractivity contribution in [1.82, 2.24) is 4.98 Å². The van der Waals surface area contributed by atoms with Crippen LogP contribution in [0.4, 0.5) is 4.39 Å². The molecule has 0 amide bonds. The maximum Gasteiger partial charge on any atom is 0.123 e. The van der Waals surface area contributed by atoms with Crippen LogP contribution in [0.1, 0.15) is 5.69 Å². The van der Waals surface area contributed by atoms with E-state index < -0.39 is 0 Å². The fourth-order valence-corrected chi connectivity index (χ4v) is 1.50. The summed E-state index contributed by atoms with van der Waals surface area (Å²) in [6.45, 7) is 0. The molecule has 0 atom stereocenters. The van der Waals surface area contributed by atoms with Gasteiger partial charge in [-0.1, -0.05) is 18.2 Å². The van der Waals surface area contributed by atoms with Gasteiger partial charge >= 0.3 is 0 Å². The number of hydrogen-bond acceptors (Lipinski definition) is 1. The van der Waals surface area contributed by atoms with Crippen LogP contribution in [0.25, 0.3) is 11.1 Å². The minimum absolute atomic E-state index is 0.242. The van der Waals surface area contributed by atoms with Crippen LogP contribution in [0.5, 0.6) is 0 Å². The summed E-state index contributed by atoms with van der Waals surface area (Å²) < 4.78 is 13.0. The second kappa shape index (κ2) is 4.41. The molecule has 0 unspecified atom stereocenters. The maximum absolute atomic E-state index is 13.0. The molecule has 0 fully saturated rings. The smallest absolute Gasteiger partial charge is 0.123 e. The van der Waals surface area contributed by atoms with Gasteiger partial charge in [-0.3, -0.25) is 4.98 Å². The number of rotatable bonds is 2. The molecular weight excluding hydrogens is 213 g/mol. The number of aromatic nitrogens is 1. The second-order valence-corrected chi connectivity index (χ2v) is 3.45. The van der Waals surface area contributed by atoms with Gasteiger partial charge in [0.05, 0.1) is 11.6 Å². The molecule has 0 aliphatic heterocycles. The van der Waals surface area contributed by atoms with Crippen LogP contribution < -0.4 is 0 Å². The molecule has 0 aliphatic carbocycles. The molecule has 2 rings (SSSR count). The monoisotopic (exact) mass is 221 g/mol. The van der Waals surface area contributed by atoms with Crippen LogP contribution in [0.15, 0.2) is 42.6 Å². The second-order valence-electron chi connectivity index (χ2n) is 3.18. The van der Waals surface area contributed by atoms with Gasteiger partial charge in [0.2, 0.25) is 0 Å². The Bertz CT molecular complexity index is 453. The lowest BCUT2D eigenvalue weighted by Crippen LogP contribution is -1.86. The molecule has 2 aromatic rings. The Labute approximate surface area is 92.5 Å². The number of benzene rings is 1. The van der Waals surface area contributed by atoms with Crippen LogP contribution in [-0.2, 0) is 5.88 Å². The van der Waals surface area contributed by atoms with Gasteiger partial charge in [-0.2, -0.15) is 0 Å². The van der Waals surface area contributed by atoms with E-state index in [1.54, 1.807) is 12.3 Å². The summed E-state index contributed by atoms with van der Waals surface area (Å²) >= 11 is 5.63. The van der Waals surface area contributed by atoms with Crippen LogP contribution >= 0.6 is 11.6 Å². The van der Waals surface area contributed by atoms with Gasteiger partial charge in [-0.15, -0.1) is 11.6 Å². The number of hydrogen-bond donors (Lipinski definition) is 0. The standard InChI is InChI=1S/C12H9ClFN/c13-7-12-5-4-10(8-15-12)9-2-1-3-11(14)6-9/h1-6,8H,7H2. The average Bonchev–Trinajstić information content (AvgIpc) is 2.29. The number of pyridine rings is 1. The molecule has 0 saturated heterocycles. The van der Waals surface area contributed by atoms with Gasteiger partial charge in [0.1, 0.15) is 5.82 Å². The minimum Gasteiger partial charge on any atom is -0.259 e. The average molecular weight is 222 g/mol. The first-order valence-electron chi connectivity index (χ1n) is 4.56. The number of halogens is 2. The summed E-state index contributed by atoms with van der Waals surface area (Å²) in [6.07, 6.45) is 1.70. The van der Waals surface area contributed by atoms with Gasteiger partial charge in [0, 0.05) is 11.8 Å². The van der Waals surface area contributed by atoms with Crippen molar-refractivity contribution in [1.29, 1.82) is 0 Å². The van der Waals surface area contributed by atoms with Crippen LogP contribution in [0.3, 0.4) is 0 Å². The molecule has 0 aliphatic rings. The Hall–Kier alpha value is -1.41. The summed E-state index contributed by atoms with van der Waals surface area (Å²) in [4.78, 5) is 4.15. The van der Waals surface area contributed by atoms with E-state index in [1.165, 1.54) is 12.1 Å². The molecule has 76 valence electrons. The van der Waals surface area contributed by atoms with Crippen LogP contribution in [-0.4, -0.2) is 4.98 Å². The first-order chi connectivity index (χ1) is 7.29. The van der Waals surface area contributed by atoms with Crippen molar-refractivity contribution in [2.24, 2.45) is 0 Å². The van der Waals surface area contributed by atoms with Crippen molar-refractivity contribution in [2.45, 2.75) is 5.88 Å². The van der Waals surface area contributed by atoms with E-state index in [9.17, 15) is 4.39 Å². The van der Waals surface area contributed by atoms with Crippen LogP contribution in [0, 0.1) is 5.82 Å². The van der Waals surface area contributed by atoms with Crippen molar-refractivity contribution in [3.8, 4) is 11.1 Å². The Morgan fingerprint density at radius 2 is 2.00 bits per heavy atom. The molecule has 0 saturated carbocycles. The molecule has 0 radical (unpaired) electrons. The molecule has 1 heterocycles. The maximum atomic E-state index is 13.0. The molecule has 3 heteroatoms. The fourth-order valence-electron chi connectivity index (χ4n) is 1.34. The highest BCUT2D eigenvalue weighted by Gasteiger charge is 1.99. The lowest BCUT2D eigenvalue weighted by molar-refractivity contribution is 0.628. The van der Waals surface area contributed by atoms with E-state index in [4.69, 9.17) is 11.6 Å². The van der Waals surface area contributed by atoms with Crippen molar-refractivity contribution in [3.63, 3.8) is 0 Å². The van der Waals surface area contributed by atoms with E-state index in [1.807, 2.05) is 18.2 Å². The van der Waals surface area contributed by atoms with Crippen molar-refractivity contribution in [2.75, 3.05) is 0 Å². The minimum atomic E-state index is -0.242. The summed E-state index contributed by atoms with van der Waals surface area (Å²) in [5.41, 5.74) is 2.53. The van der Waals surface area contributed by atoms with Gasteiger partial charge in [0.15, 0.2) is 0 Å². The van der Waals surface area contributed by atoms with Crippen molar-refractivity contribution in [3.05, 3.63) is 54.1 Å². The molecule has 15 heavy (non-hydrogen) atoms. The number of alkyl halides is 1. The normalized spacial score (nSPS) is 10.3. The van der Waals surface area contributed by atoms with E-state index in [-0.39, 0.29) is 5.82 Å². The molecule has 0 N–H and O–H groups in total. The summed E-state index contributed by atoms with van der Waals surface area (Å²) in [5.74, 6) is 0.151. The summed E-state index contributed by atoms with van der Waals surface area (Å²) in [5, 5.41) is 0. The van der Waals surface area contributed by atoms with E-state index in [0.29, 0.717) is 5.88 Å². The van der Waals surface area contributed by atoms with Gasteiger partial charge in [-0.25, -0.2) is 4.39 Å².